The Bertz CT molecular complexity index is 564. The lowest BCUT2D eigenvalue weighted by Crippen LogP contribution is -2.12. The van der Waals surface area contributed by atoms with E-state index in [1.54, 1.807) is 16.9 Å². The van der Waals surface area contributed by atoms with Crippen molar-refractivity contribution in [3.63, 3.8) is 0 Å². The maximum Gasteiger partial charge on any atom is 0.159 e. The Labute approximate surface area is 111 Å². The molecule has 1 heterocycles. The van der Waals surface area contributed by atoms with Crippen LogP contribution in [0.3, 0.4) is 0 Å². The molecule has 1 N–H and O–H groups in total. The Balaban J connectivity index is 2.14. The Morgan fingerprint density at radius 3 is 2.74 bits per heavy atom. The number of hydrogen-bond acceptors (Lipinski definition) is 2. The fourth-order valence-corrected chi connectivity index (χ4v) is 1.89. The van der Waals surface area contributed by atoms with Gasteiger partial charge in [0.1, 0.15) is 0 Å². The second kappa shape index (κ2) is 5.93. The van der Waals surface area contributed by atoms with E-state index in [9.17, 15) is 8.78 Å². The van der Waals surface area contributed by atoms with Crippen LogP contribution in [0.25, 0.3) is 0 Å². The van der Waals surface area contributed by atoms with Gasteiger partial charge in [-0.1, -0.05) is 13.0 Å². The van der Waals surface area contributed by atoms with Crippen molar-refractivity contribution in [2.75, 3.05) is 6.54 Å². The molecular formula is C14H17F2N3. The number of hydrogen-bond donors (Lipinski definition) is 1. The van der Waals surface area contributed by atoms with Crippen LogP contribution in [0.4, 0.5) is 8.78 Å². The van der Waals surface area contributed by atoms with Crippen LogP contribution in [0.2, 0.25) is 0 Å². The first kappa shape index (κ1) is 13.7. The average Bonchev–Trinajstić information content (AvgIpc) is 2.73. The minimum atomic E-state index is -0.825. The SMILES string of the molecule is CCNCc1cnn(Cc2ccc(F)c(F)c2)c1C. The van der Waals surface area contributed by atoms with Crippen LogP contribution in [0.15, 0.2) is 24.4 Å². The number of halogens is 2. The molecule has 2 aromatic rings. The molecule has 0 amide bonds. The highest BCUT2D eigenvalue weighted by molar-refractivity contribution is 5.21. The van der Waals surface area contributed by atoms with Gasteiger partial charge in [0.2, 0.25) is 0 Å². The molecule has 0 bridgehead atoms. The fourth-order valence-electron chi connectivity index (χ4n) is 1.89. The number of aromatic nitrogens is 2. The largest absolute Gasteiger partial charge is 0.313 e. The first-order valence-electron chi connectivity index (χ1n) is 6.27. The van der Waals surface area contributed by atoms with Gasteiger partial charge in [0.05, 0.1) is 12.7 Å². The second-order valence-corrected chi connectivity index (χ2v) is 4.44. The summed E-state index contributed by atoms with van der Waals surface area (Å²) in [7, 11) is 0. The molecule has 0 saturated heterocycles. The van der Waals surface area contributed by atoms with Crippen molar-refractivity contribution >= 4 is 0 Å². The van der Waals surface area contributed by atoms with Crippen molar-refractivity contribution in [3.8, 4) is 0 Å². The summed E-state index contributed by atoms with van der Waals surface area (Å²) in [6.45, 7) is 6.11. The van der Waals surface area contributed by atoms with Crippen LogP contribution in [0.5, 0.6) is 0 Å². The van der Waals surface area contributed by atoms with E-state index in [2.05, 4.69) is 10.4 Å². The zero-order valence-electron chi connectivity index (χ0n) is 11.1. The maximum absolute atomic E-state index is 13.1. The topological polar surface area (TPSA) is 29.9 Å². The van der Waals surface area contributed by atoms with Gasteiger partial charge >= 0.3 is 0 Å². The van der Waals surface area contributed by atoms with Gasteiger partial charge in [0.15, 0.2) is 11.6 Å². The standard InChI is InChI=1S/C14H17F2N3/c1-3-17-7-12-8-18-19(10(12)2)9-11-4-5-13(15)14(16)6-11/h4-6,8,17H,3,7,9H2,1-2H3. The molecule has 0 atom stereocenters. The highest BCUT2D eigenvalue weighted by Gasteiger charge is 2.08. The summed E-state index contributed by atoms with van der Waals surface area (Å²) in [6, 6.07) is 3.92. The molecule has 102 valence electrons. The van der Waals surface area contributed by atoms with Gasteiger partial charge < -0.3 is 5.32 Å². The molecular weight excluding hydrogens is 248 g/mol. The summed E-state index contributed by atoms with van der Waals surface area (Å²) in [6.07, 6.45) is 1.80. The molecule has 0 fully saturated rings. The molecule has 0 spiro atoms. The third-order valence-corrected chi connectivity index (χ3v) is 3.09. The van der Waals surface area contributed by atoms with E-state index in [0.29, 0.717) is 12.1 Å². The third kappa shape index (κ3) is 3.17. The summed E-state index contributed by atoms with van der Waals surface area (Å²) in [5, 5.41) is 7.51. The van der Waals surface area contributed by atoms with Crippen LogP contribution in [-0.4, -0.2) is 16.3 Å². The van der Waals surface area contributed by atoms with E-state index in [4.69, 9.17) is 0 Å². The molecule has 3 nitrogen and oxygen atoms in total. The highest BCUT2D eigenvalue weighted by Crippen LogP contribution is 2.13. The predicted molar refractivity (Wildman–Crippen MR) is 69.8 cm³/mol. The minimum absolute atomic E-state index is 0.440. The number of nitrogens with one attached hydrogen (secondary N) is 1. The molecule has 0 radical (unpaired) electrons. The zero-order chi connectivity index (χ0) is 13.8. The summed E-state index contributed by atoms with van der Waals surface area (Å²) in [5.41, 5.74) is 2.84. The Morgan fingerprint density at radius 2 is 2.05 bits per heavy atom. The van der Waals surface area contributed by atoms with E-state index in [-0.39, 0.29) is 0 Å². The summed E-state index contributed by atoms with van der Waals surface area (Å²) in [5.74, 6) is -1.65. The van der Waals surface area contributed by atoms with Gasteiger partial charge in [-0.3, -0.25) is 4.68 Å². The molecule has 1 aromatic carbocycles. The summed E-state index contributed by atoms with van der Waals surface area (Å²) >= 11 is 0. The van der Waals surface area contributed by atoms with Crippen molar-refractivity contribution in [1.82, 2.24) is 15.1 Å². The Morgan fingerprint density at radius 1 is 1.26 bits per heavy atom. The first-order chi connectivity index (χ1) is 9.11. The van der Waals surface area contributed by atoms with Gasteiger partial charge in [-0.05, 0) is 31.2 Å². The molecule has 0 aliphatic heterocycles. The van der Waals surface area contributed by atoms with Crippen molar-refractivity contribution in [3.05, 3.63) is 52.9 Å². The number of nitrogens with zero attached hydrogens (tertiary/aromatic N) is 2. The van der Waals surface area contributed by atoms with Gasteiger partial charge in [-0.2, -0.15) is 5.10 Å². The molecule has 19 heavy (non-hydrogen) atoms. The average molecular weight is 265 g/mol. The highest BCUT2D eigenvalue weighted by atomic mass is 19.2. The Kier molecular flexibility index (Phi) is 4.27. The lowest BCUT2D eigenvalue weighted by molar-refractivity contribution is 0.505. The van der Waals surface area contributed by atoms with Crippen molar-refractivity contribution in [2.24, 2.45) is 0 Å². The lowest BCUT2D eigenvalue weighted by atomic mass is 10.2. The molecule has 0 aliphatic rings. The van der Waals surface area contributed by atoms with E-state index < -0.39 is 11.6 Å². The van der Waals surface area contributed by atoms with Gasteiger partial charge in [0.25, 0.3) is 0 Å². The minimum Gasteiger partial charge on any atom is -0.313 e. The number of rotatable bonds is 5. The predicted octanol–water partition coefficient (Wildman–Crippen LogP) is 2.63. The lowest BCUT2D eigenvalue weighted by Gasteiger charge is -2.06. The van der Waals surface area contributed by atoms with Crippen molar-refractivity contribution in [2.45, 2.75) is 26.9 Å². The monoisotopic (exact) mass is 265 g/mol. The summed E-state index contributed by atoms with van der Waals surface area (Å²) < 4.78 is 27.8. The van der Waals surface area contributed by atoms with Crippen molar-refractivity contribution in [1.29, 1.82) is 0 Å². The molecule has 0 unspecified atom stereocenters. The van der Waals surface area contributed by atoms with Gasteiger partial charge in [-0.15, -0.1) is 0 Å². The molecule has 1 aromatic heterocycles. The molecule has 0 aliphatic carbocycles. The van der Waals surface area contributed by atoms with Crippen LogP contribution < -0.4 is 5.32 Å². The molecule has 0 saturated carbocycles. The maximum atomic E-state index is 13.1. The van der Waals surface area contributed by atoms with Gasteiger partial charge in [-0.25, -0.2) is 8.78 Å². The molecule has 5 heteroatoms. The van der Waals surface area contributed by atoms with Crippen LogP contribution >= 0.6 is 0 Å². The smallest absolute Gasteiger partial charge is 0.159 e. The number of benzene rings is 1. The molecule has 2 rings (SSSR count). The summed E-state index contributed by atoms with van der Waals surface area (Å²) in [4.78, 5) is 0. The van der Waals surface area contributed by atoms with Gasteiger partial charge in [0, 0.05) is 17.8 Å². The van der Waals surface area contributed by atoms with Crippen LogP contribution in [0, 0.1) is 18.6 Å². The quantitative estimate of drug-likeness (QED) is 0.900. The zero-order valence-corrected chi connectivity index (χ0v) is 11.1. The first-order valence-corrected chi connectivity index (χ1v) is 6.27. The van der Waals surface area contributed by atoms with Crippen molar-refractivity contribution < 1.29 is 8.78 Å². The van der Waals surface area contributed by atoms with E-state index >= 15 is 0 Å². The van der Waals surface area contributed by atoms with Crippen LogP contribution in [0.1, 0.15) is 23.7 Å². The second-order valence-electron chi connectivity index (χ2n) is 4.44. The third-order valence-electron chi connectivity index (χ3n) is 3.09. The van der Waals surface area contributed by atoms with E-state index in [1.165, 1.54) is 6.07 Å². The van der Waals surface area contributed by atoms with E-state index in [0.717, 1.165) is 30.4 Å². The Hall–Kier alpha value is -1.75. The van der Waals surface area contributed by atoms with Crippen LogP contribution in [-0.2, 0) is 13.1 Å². The fraction of sp³-hybridized carbons (Fsp3) is 0.357. The van der Waals surface area contributed by atoms with E-state index in [1.807, 2.05) is 13.8 Å². The normalized spacial score (nSPS) is 10.9.